The fraction of sp³-hybridized carbons (Fsp3) is 0.647. The first kappa shape index (κ1) is 17.7. The Morgan fingerprint density at radius 2 is 1.62 bits per heavy atom. The first-order chi connectivity index (χ1) is 10.9. The van der Waals surface area contributed by atoms with Crippen LogP contribution in [0.3, 0.4) is 0 Å². The van der Waals surface area contributed by atoms with Crippen molar-refractivity contribution in [3.8, 4) is 0 Å². The van der Waals surface area contributed by atoms with E-state index in [0.29, 0.717) is 17.4 Å². The van der Waals surface area contributed by atoms with Crippen LogP contribution in [0.4, 0.5) is 17.6 Å². The van der Waals surface area contributed by atoms with Crippen molar-refractivity contribution in [1.29, 1.82) is 0 Å². The highest BCUT2D eigenvalue weighted by Crippen LogP contribution is 2.49. The van der Waals surface area contributed by atoms with Gasteiger partial charge in [-0.2, -0.15) is 13.2 Å². The number of hydrogen-bond donors (Lipinski definition) is 0. The number of benzene rings is 1. The van der Waals surface area contributed by atoms with Crippen molar-refractivity contribution in [2.45, 2.75) is 70.0 Å². The van der Waals surface area contributed by atoms with Gasteiger partial charge in [-0.15, -0.1) is 0 Å². The molecular weight excluding hydrogens is 323 g/mol. The lowest BCUT2D eigenvalue weighted by molar-refractivity contribution is -0.240. The second-order valence-corrected chi connectivity index (χ2v) is 7.66. The molecule has 0 N–H and O–H groups in total. The molecular formula is C17H21BF4O2. The number of rotatable bonds is 1. The van der Waals surface area contributed by atoms with Crippen molar-refractivity contribution >= 4 is 12.6 Å². The normalized spacial score (nSPS) is 28.8. The molecule has 1 aliphatic carbocycles. The van der Waals surface area contributed by atoms with Crippen LogP contribution in [0, 0.1) is 0 Å². The summed E-state index contributed by atoms with van der Waals surface area (Å²) in [4.78, 5) is 0. The van der Waals surface area contributed by atoms with E-state index in [2.05, 4.69) is 0 Å². The Bertz CT molecular complexity index is 640. The van der Waals surface area contributed by atoms with Crippen molar-refractivity contribution in [3.63, 3.8) is 0 Å². The lowest BCUT2D eigenvalue weighted by Crippen LogP contribution is -2.43. The maximum absolute atomic E-state index is 14.8. The Hall–Kier alpha value is -1.08. The third-order valence-electron chi connectivity index (χ3n) is 5.50. The van der Waals surface area contributed by atoms with Gasteiger partial charge in [0.2, 0.25) is 5.67 Å². The highest BCUT2D eigenvalue weighted by Gasteiger charge is 2.59. The molecule has 0 saturated carbocycles. The van der Waals surface area contributed by atoms with Crippen molar-refractivity contribution in [2.75, 3.05) is 0 Å². The first-order valence-electron chi connectivity index (χ1n) is 8.12. The Morgan fingerprint density at radius 1 is 1.04 bits per heavy atom. The predicted molar refractivity (Wildman–Crippen MR) is 83.9 cm³/mol. The average molecular weight is 344 g/mol. The third-order valence-corrected chi connectivity index (χ3v) is 5.50. The maximum Gasteiger partial charge on any atom is 0.494 e. The van der Waals surface area contributed by atoms with Gasteiger partial charge in [0.15, 0.2) is 0 Å². The first-order valence-corrected chi connectivity index (χ1v) is 8.12. The zero-order valence-corrected chi connectivity index (χ0v) is 14.3. The molecule has 0 aromatic heterocycles. The minimum absolute atomic E-state index is 0.179. The van der Waals surface area contributed by atoms with Crippen molar-refractivity contribution in [2.24, 2.45) is 0 Å². The number of halogens is 4. The molecule has 1 aromatic carbocycles. The van der Waals surface area contributed by atoms with Gasteiger partial charge in [-0.3, -0.25) is 0 Å². The van der Waals surface area contributed by atoms with Crippen LogP contribution < -0.4 is 5.46 Å². The molecule has 132 valence electrons. The maximum atomic E-state index is 14.8. The molecule has 7 heteroatoms. The summed E-state index contributed by atoms with van der Waals surface area (Å²) in [6.07, 6.45) is -4.85. The molecule has 1 unspecified atom stereocenters. The molecule has 2 aliphatic rings. The Balaban J connectivity index is 2.02. The van der Waals surface area contributed by atoms with E-state index in [9.17, 15) is 17.6 Å². The second kappa shape index (κ2) is 5.21. The van der Waals surface area contributed by atoms with Crippen LogP contribution in [0.25, 0.3) is 0 Å². The standard InChI is InChI=1S/C17H21BF4O2/c1-14(2)15(3,4)24-18(23-14)12-8-7-11-6-5-9-16(19,13(11)10-12)17(20,21)22/h7-8,10H,5-6,9H2,1-4H3. The van der Waals surface area contributed by atoms with Crippen molar-refractivity contribution in [3.05, 3.63) is 29.3 Å². The van der Waals surface area contributed by atoms with Crippen LogP contribution in [0.15, 0.2) is 18.2 Å². The summed E-state index contributed by atoms with van der Waals surface area (Å²) in [6, 6.07) is 4.50. The van der Waals surface area contributed by atoms with E-state index in [1.807, 2.05) is 27.7 Å². The van der Waals surface area contributed by atoms with Gasteiger partial charge in [-0.1, -0.05) is 18.2 Å². The zero-order valence-electron chi connectivity index (χ0n) is 14.3. The van der Waals surface area contributed by atoms with Crippen LogP contribution in [0.1, 0.15) is 51.7 Å². The summed E-state index contributed by atoms with van der Waals surface area (Å²) in [7, 11) is -0.806. The van der Waals surface area contributed by atoms with E-state index in [-0.39, 0.29) is 12.0 Å². The van der Waals surface area contributed by atoms with Crippen LogP contribution in [0.5, 0.6) is 0 Å². The zero-order chi connectivity index (χ0) is 18.0. The number of fused-ring (bicyclic) bond motifs is 1. The number of alkyl halides is 4. The topological polar surface area (TPSA) is 18.5 Å². The molecule has 3 rings (SSSR count). The molecule has 1 saturated heterocycles. The van der Waals surface area contributed by atoms with E-state index >= 15 is 0 Å². The van der Waals surface area contributed by atoms with Crippen LogP contribution in [-0.2, 0) is 21.4 Å². The molecule has 1 heterocycles. The summed E-state index contributed by atoms with van der Waals surface area (Å²) in [6.45, 7) is 7.45. The highest BCUT2D eigenvalue weighted by atomic mass is 19.4. The van der Waals surface area contributed by atoms with Crippen molar-refractivity contribution in [1.82, 2.24) is 0 Å². The minimum atomic E-state index is -4.93. The molecule has 0 spiro atoms. The molecule has 2 nitrogen and oxygen atoms in total. The largest absolute Gasteiger partial charge is 0.494 e. The van der Waals surface area contributed by atoms with Crippen LogP contribution in [-0.4, -0.2) is 24.5 Å². The summed E-state index contributed by atoms with van der Waals surface area (Å²) in [5, 5.41) is 0. The monoisotopic (exact) mass is 344 g/mol. The smallest absolute Gasteiger partial charge is 0.399 e. The molecule has 1 aliphatic heterocycles. The summed E-state index contributed by atoms with van der Waals surface area (Å²) >= 11 is 0. The molecule has 1 aromatic rings. The molecule has 0 radical (unpaired) electrons. The molecule has 1 fully saturated rings. The molecule has 0 amide bonds. The second-order valence-electron chi connectivity index (χ2n) is 7.66. The Morgan fingerprint density at radius 3 is 2.17 bits per heavy atom. The van der Waals surface area contributed by atoms with Gasteiger partial charge >= 0.3 is 13.3 Å². The van der Waals surface area contributed by atoms with Gasteiger partial charge in [-0.25, -0.2) is 4.39 Å². The Kier molecular flexibility index (Phi) is 3.85. The van der Waals surface area contributed by atoms with Crippen LogP contribution >= 0.6 is 0 Å². The van der Waals surface area contributed by atoms with Gasteiger partial charge in [0.25, 0.3) is 0 Å². The van der Waals surface area contributed by atoms with E-state index in [1.165, 1.54) is 6.07 Å². The molecule has 1 atom stereocenters. The summed E-state index contributed by atoms with van der Waals surface area (Å²) in [5.41, 5.74) is -4.00. The predicted octanol–water partition coefficient (Wildman–Crippen LogP) is 4.05. The SMILES string of the molecule is CC1(C)OB(c2ccc3c(c2)C(F)(C(F)(F)F)CCC3)OC1(C)C. The molecule has 0 bridgehead atoms. The number of hydrogen-bond acceptors (Lipinski definition) is 2. The van der Waals surface area contributed by atoms with Crippen LogP contribution in [0.2, 0.25) is 0 Å². The minimum Gasteiger partial charge on any atom is -0.399 e. The van der Waals surface area contributed by atoms with Crippen molar-refractivity contribution < 1.29 is 26.9 Å². The fourth-order valence-corrected chi connectivity index (χ4v) is 3.26. The molecule has 24 heavy (non-hydrogen) atoms. The fourth-order valence-electron chi connectivity index (χ4n) is 3.26. The lowest BCUT2D eigenvalue weighted by Gasteiger charge is -2.34. The quantitative estimate of drug-likeness (QED) is 0.565. The van der Waals surface area contributed by atoms with Gasteiger partial charge in [0, 0.05) is 5.56 Å². The van der Waals surface area contributed by atoms with E-state index < -0.39 is 36.6 Å². The van der Waals surface area contributed by atoms with Gasteiger partial charge in [-0.05, 0) is 58.0 Å². The van der Waals surface area contributed by atoms with E-state index in [4.69, 9.17) is 9.31 Å². The summed E-state index contributed by atoms with van der Waals surface area (Å²) < 4.78 is 66.5. The average Bonchev–Trinajstić information content (AvgIpc) is 2.66. The lowest BCUT2D eigenvalue weighted by atomic mass is 9.72. The van der Waals surface area contributed by atoms with E-state index in [0.717, 1.165) is 0 Å². The Labute approximate surface area is 139 Å². The highest BCUT2D eigenvalue weighted by molar-refractivity contribution is 6.62. The summed E-state index contributed by atoms with van der Waals surface area (Å²) in [5.74, 6) is 0. The number of aryl methyl sites for hydroxylation is 1. The van der Waals surface area contributed by atoms with Gasteiger partial charge < -0.3 is 9.31 Å². The van der Waals surface area contributed by atoms with Gasteiger partial charge in [0.05, 0.1) is 11.2 Å². The van der Waals surface area contributed by atoms with E-state index in [1.54, 1.807) is 12.1 Å². The van der Waals surface area contributed by atoms with Gasteiger partial charge in [0.1, 0.15) is 0 Å². The third kappa shape index (κ3) is 2.56.